The maximum atomic E-state index is 10.4. The van der Waals surface area contributed by atoms with Crippen LogP contribution in [-0.2, 0) is 0 Å². The van der Waals surface area contributed by atoms with Crippen molar-refractivity contribution in [3.8, 4) is 0 Å². The van der Waals surface area contributed by atoms with Crippen molar-refractivity contribution in [1.82, 2.24) is 0 Å². The summed E-state index contributed by atoms with van der Waals surface area (Å²) in [7, 11) is 0. The molecule has 0 bridgehead atoms. The Morgan fingerprint density at radius 1 is 1.00 bits per heavy atom. The summed E-state index contributed by atoms with van der Waals surface area (Å²) in [6, 6.07) is 15.0. The minimum Gasteiger partial charge on any atom is -0.388 e. The van der Waals surface area contributed by atoms with Crippen LogP contribution in [0.3, 0.4) is 0 Å². The maximum Gasteiger partial charge on any atom is 0.0870 e. The lowest BCUT2D eigenvalue weighted by Gasteiger charge is -2.20. The summed E-state index contributed by atoms with van der Waals surface area (Å²) < 4.78 is 0. The highest BCUT2D eigenvalue weighted by Crippen LogP contribution is 2.35. The van der Waals surface area contributed by atoms with E-state index < -0.39 is 6.10 Å². The van der Waals surface area contributed by atoms with Crippen molar-refractivity contribution in [2.45, 2.75) is 18.9 Å². The number of aliphatic hydroxyl groups excluding tert-OH is 1. The van der Waals surface area contributed by atoms with E-state index in [9.17, 15) is 5.11 Å². The van der Waals surface area contributed by atoms with Crippen molar-refractivity contribution in [2.75, 3.05) is 0 Å². The van der Waals surface area contributed by atoms with Crippen LogP contribution in [0.25, 0.3) is 0 Å². The number of halogens is 2. The van der Waals surface area contributed by atoms with Crippen molar-refractivity contribution in [2.24, 2.45) is 0 Å². The predicted molar refractivity (Wildman–Crippen MR) is 76.3 cm³/mol. The number of rotatable bonds is 3. The fraction of sp³-hybridized carbons (Fsp3) is 0.200. The third kappa shape index (κ3) is 2.86. The Morgan fingerprint density at radius 2 is 1.67 bits per heavy atom. The van der Waals surface area contributed by atoms with Gasteiger partial charge in [0.1, 0.15) is 0 Å². The van der Waals surface area contributed by atoms with Gasteiger partial charge in [-0.1, -0.05) is 66.5 Å². The van der Waals surface area contributed by atoms with Crippen LogP contribution in [0.5, 0.6) is 0 Å². The predicted octanol–water partition coefficient (Wildman–Crippen LogP) is 4.83. The van der Waals surface area contributed by atoms with Gasteiger partial charge in [0.15, 0.2) is 0 Å². The standard InChI is InChI=1S/C15H14Cl2O/c1-10(11-5-3-2-4-6-11)15(18)13-8-7-12(16)9-14(13)17/h2-10,15,18H,1H3. The smallest absolute Gasteiger partial charge is 0.0870 e. The van der Waals surface area contributed by atoms with E-state index in [-0.39, 0.29) is 5.92 Å². The average molecular weight is 281 g/mol. The van der Waals surface area contributed by atoms with E-state index in [4.69, 9.17) is 23.2 Å². The number of benzene rings is 2. The summed E-state index contributed by atoms with van der Waals surface area (Å²) in [6.07, 6.45) is -0.642. The molecule has 1 N–H and O–H groups in total. The summed E-state index contributed by atoms with van der Waals surface area (Å²) in [4.78, 5) is 0. The average Bonchev–Trinajstić information content (AvgIpc) is 2.38. The van der Waals surface area contributed by atoms with Gasteiger partial charge in [-0.15, -0.1) is 0 Å². The molecule has 0 heterocycles. The van der Waals surface area contributed by atoms with Gasteiger partial charge in [0.2, 0.25) is 0 Å². The maximum absolute atomic E-state index is 10.4. The van der Waals surface area contributed by atoms with Gasteiger partial charge in [0.05, 0.1) is 6.10 Å². The van der Waals surface area contributed by atoms with E-state index in [1.165, 1.54) is 0 Å². The van der Waals surface area contributed by atoms with Gasteiger partial charge in [0.25, 0.3) is 0 Å². The second-order valence-corrected chi connectivity index (χ2v) is 5.15. The summed E-state index contributed by atoms with van der Waals surface area (Å²) in [5.74, 6) is -0.0233. The fourth-order valence-electron chi connectivity index (χ4n) is 1.95. The minimum absolute atomic E-state index is 0.0233. The minimum atomic E-state index is -0.642. The molecule has 0 aliphatic rings. The molecule has 0 aliphatic heterocycles. The van der Waals surface area contributed by atoms with Crippen molar-refractivity contribution >= 4 is 23.2 Å². The van der Waals surface area contributed by atoms with Crippen molar-refractivity contribution < 1.29 is 5.11 Å². The van der Waals surface area contributed by atoms with E-state index in [1.54, 1.807) is 18.2 Å². The molecule has 2 aromatic carbocycles. The molecule has 94 valence electrons. The number of aliphatic hydroxyl groups is 1. The Morgan fingerprint density at radius 3 is 2.28 bits per heavy atom. The van der Waals surface area contributed by atoms with Gasteiger partial charge < -0.3 is 5.11 Å². The first-order valence-corrected chi connectivity index (χ1v) is 6.53. The second kappa shape index (κ2) is 5.75. The Bertz CT molecular complexity index is 525. The quantitative estimate of drug-likeness (QED) is 0.854. The zero-order valence-corrected chi connectivity index (χ0v) is 11.5. The van der Waals surface area contributed by atoms with Crippen LogP contribution in [0, 0.1) is 0 Å². The van der Waals surface area contributed by atoms with Crippen molar-refractivity contribution in [3.05, 3.63) is 69.7 Å². The van der Waals surface area contributed by atoms with E-state index in [1.807, 2.05) is 37.3 Å². The number of hydrogen-bond acceptors (Lipinski definition) is 1. The highest BCUT2D eigenvalue weighted by atomic mass is 35.5. The third-order valence-electron chi connectivity index (χ3n) is 3.08. The monoisotopic (exact) mass is 280 g/mol. The summed E-state index contributed by atoms with van der Waals surface area (Å²) in [5.41, 5.74) is 1.79. The number of hydrogen-bond donors (Lipinski definition) is 1. The summed E-state index contributed by atoms with van der Waals surface area (Å²) >= 11 is 12.0. The van der Waals surface area contributed by atoms with Gasteiger partial charge in [-0.2, -0.15) is 0 Å². The van der Waals surface area contributed by atoms with E-state index in [0.717, 1.165) is 5.56 Å². The van der Waals surface area contributed by atoms with E-state index >= 15 is 0 Å². The molecule has 2 rings (SSSR count). The van der Waals surface area contributed by atoms with Crippen molar-refractivity contribution in [3.63, 3.8) is 0 Å². The van der Waals surface area contributed by atoms with Crippen LogP contribution in [0.15, 0.2) is 48.5 Å². The lowest BCUT2D eigenvalue weighted by molar-refractivity contribution is 0.152. The fourth-order valence-corrected chi connectivity index (χ4v) is 2.47. The molecule has 3 heteroatoms. The zero-order valence-electron chi connectivity index (χ0n) is 9.98. The first-order valence-electron chi connectivity index (χ1n) is 5.77. The van der Waals surface area contributed by atoms with Crippen LogP contribution < -0.4 is 0 Å². The van der Waals surface area contributed by atoms with Gasteiger partial charge in [-0.3, -0.25) is 0 Å². The second-order valence-electron chi connectivity index (χ2n) is 4.31. The van der Waals surface area contributed by atoms with Gasteiger partial charge in [0, 0.05) is 16.0 Å². The SMILES string of the molecule is CC(c1ccccc1)C(O)c1ccc(Cl)cc1Cl. The molecule has 0 fully saturated rings. The largest absolute Gasteiger partial charge is 0.388 e. The van der Waals surface area contributed by atoms with Crippen LogP contribution in [-0.4, -0.2) is 5.11 Å². The Hall–Kier alpha value is -1.02. The summed E-state index contributed by atoms with van der Waals surface area (Å²) in [6.45, 7) is 1.98. The zero-order chi connectivity index (χ0) is 13.1. The molecule has 0 saturated carbocycles. The Kier molecular flexibility index (Phi) is 4.28. The molecule has 0 aliphatic carbocycles. The van der Waals surface area contributed by atoms with Crippen LogP contribution >= 0.6 is 23.2 Å². The molecule has 0 radical (unpaired) electrons. The topological polar surface area (TPSA) is 20.2 Å². The first-order chi connectivity index (χ1) is 8.59. The first kappa shape index (κ1) is 13.4. The van der Waals surface area contributed by atoms with Gasteiger partial charge in [-0.05, 0) is 23.3 Å². The van der Waals surface area contributed by atoms with E-state index in [2.05, 4.69) is 0 Å². The molecular weight excluding hydrogens is 267 g/mol. The molecule has 2 atom stereocenters. The molecule has 0 amide bonds. The molecule has 0 aromatic heterocycles. The van der Waals surface area contributed by atoms with Gasteiger partial charge >= 0.3 is 0 Å². The lowest BCUT2D eigenvalue weighted by atomic mass is 9.91. The third-order valence-corrected chi connectivity index (χ3v) is 3.64. The molecule has 2 aromatic rings. The van der Waals surface area contributed by atoms with E-state index in [0.29, 0.717) is 15.6 Å². The molecule has 0 spiro atoms. The molecule has 0 saturated heterocycles. The molecule has 1 nitrogen and oxygen atoms in total. The lowest BCUT2D eigenvalue weighted by Crippen LogP contribution is -2.08. The molecular formula is C15H14Cl2O. The Balaban J connectivity index is 2.28. The van der Waals surface area contributed by atoms with Crippen molar-refractivity contribution in [1.29, 1.82) is 0 Å². The molecule has 18 heavy (non-hydrogen) atoms. The van der Waals surface area contributed by atoms with Crippen LogP contribution in [0.2, 0.25) is 10.0 Å². The highest BCUT2D eigenvalue weighted by Gasteiger charge is 2.20. The normalized spacial score (nSPS) is 14.2. The summed E-state index contributed by atoms with van der Waals surface area (Å²) in [5, 5.41) is 11.5. The molecule has 2 unspecified atom stereocenters. The van der Waals surface area contributed by atoms with Crippen LogP contribution in [0.4, 0.5) is 0 Å². The van der Waals surface area contributed by atoms with Gasteiger partial charge in [-0.25, -0.2) is 0 Å². The Labute approximate surface area is 117 Å². The van der Waals surface area contributed by atoms with Crippen LogP contribution in [0.1, 0.15) is 30.1 Å². The highest BCUT2D eigenvalue weighted by molar-refractivity contribution is 6.35.